The zero-order valence-corrected chi connectivity index (χ0v) is 31.0. The lowest BCUT2D eigenvalue weighted by molar-refractivity contribution is 0.669. The number of hydrogen-bond donors (Lipinski definition) is 0. The molecule has 3 nitrogen and oxygen atoms in total. The average Bonchev–Trinajstić information content (AvgIpc) is 3.85. The number of thiophene rings is 1. The van der Waals surface area contributed by atoms with Crippen molar-refractivity contribution in [2.24, 2.45) is 0 Å². The molecule has 0 atom stereocenters. The second kappa shape index (κ2) is 13.3. The fourth-order valence-corrected chi connectivity index (χ4v) is 9.05. The van der Waals surface area contributed by atoms with Crippen LogP contribution in [-0.4, -0.2) is 9.97 Å². The van der Waals surface area contributed by atoms with Crippen molar-refractivity contribution in [3.8, 4) is 67.2 Å². The first-order valence-electron chi connectivity index (χ1n) is 18.8. The molecule has 11 rings (SSSR count). The summed E-state index contributed by atoms with van der Waals surface area (Å²) in [6.45, 7) is 0. The van der Waals surface area contributed by atoms with E-state index in [0.29, 0.717) is 5.82 Å². The molecule has 3 aromatic heterocycles. The van der Waals surface area contributed by atoms with Gasteiger partial charge in [-0.2, -0.15) is 0 Å². The van der Waals surface area contributed by atoms with Crippen molar-refractivity contribution < 1.29 is 4.42 Å². The smallest absolute Gasteiger partial charge is 0.161 e. The molecule has 0 spiro atoms. The second-order valence-electron chi connectivity index (χ2n) is 14.1. The monoisotopic (exact) mass is 732 g/mol. The average molecular weight is 733 g/mol. The summed E-state index contributed by atoms with van der Waals surface area (Å²) in [7, 11) is 0. The first-order valence-corrected chi connectivity index (χ1v) is 19.6. The van der Waals surface area contributed by atoms with Gasteiger partial charge in [-0.05, 0) is 68.8 Å². The van der Waals surface area contributed by atoms with Crippen LogP contribution >= 0.6 is 11.3 Å². The van der Waals surface area contributed by atoms with Crippen molar-refractivity contribution in [1.29, 1.82) is 0 Å². The molecule has 4 heteroatoms. The number of aromatic nitrogens is 2. The molecule has 0 saturated carbocycles. The lowest BCUT2D eigenvalue weighted by Crippen LogP contribution is -1.94. The van der Waals surface area contributed by atoms with Crippen LogP contribution in [0.1, 0.15) is 0 Å². The highest BCUT2D eigenvalue weighted by molar-refractivity contribution is 7.26. The molecule has 0 amide bonds. The fourth-order valence-electron chi connectivity index (χ4n) is 7.89. The predicted octanol–water partition coefficient (Wildman–Crippen LogP) is 14.7. The van der Waals surface area contributed by atoms with E-state index in [0.717, 1.165) is 65.5 Å². The van der Waals surface area contributed by atoms with Crippen LogP contribution in [0.3, 0.4) is 0 Å². The molecule has 0 N–H and O–H groups in total. The van der Waals surface area contributed by atoms with Crippen LogP contribution in [0.5, 0.6) is 0 Å². The van der Waals surface area contributed by atoms with Gasteiger partial charge < -0.3 is 4.42 Å². The largest absolute Gasteiger partial charge is 0.456 e. The normalized spacial score (nSPS) is 11.6. The van der Waals surface area contributed by atoms with Crippen LogP contribution in [-0.2, 0) is 0 Å². The lowest BCUT2D eigenvalue weighted by atomic mass is 9.97. The molecule has 0 unspecified atom stereocenters. The molecule has 11 aromatic rings. The van der Waals surface area contributed by atoms with Gasteiger partial charge in [-0.15, -0.1) is 11.3 Å². The standard InChI is InChI=1S/C52H32N2OS/c1-3-10-33(11-4-1)35-18-20-37(21-19-35)38-22-24-39(25-23-38)41-30-31-45-44(32-41)48-43(15-9-16-46(48)55-45)52-53-49(51-50(54-52)42-14-7-8-17-47(42)56-51)40-28-26-36(27-29-40)34-12-5-2-6-13-34/h1-32H. The Morgan fingerprint density at radius 2 is 0.893 bits per heavy atom. The van der Waals surface area contributed by atoms with Gasteiger partial charge in [0, 0.05) is 32.0 Å². The maximum absolute atomic E-state index is 6.48. The van der Waals surface area contributed by atoms with Gasteiger partial charge in [-0.25, -0.2) is 9.97 Å². The van der Waals surface area contributed by atoms with Crippen molar-refractivity contribution in [3.05, 3.63) is 194 Å². The minimum Gasteiger partial charge on any atom is -0.456 e. The van der Waals surface area contributed by atoms with Crippen molar-refractivity contribution in [3.63, 3.8) is 0 Å². The van der Waals surface area contributed by atoms with E-state index in [1.54, 1.807) is 11.3 Å². The molecule has 56 heavy (non-hydrogen) atoms. The number of nitrogens with zero attached hydrogens (tertiary/aromatic N) is 2. The van der Waals surface area contributed by atoms with Gasteiger partial charge in [0.2, 0.25) is 0 Å². The molecule has 0 fully saturated rings. The molecule has 3 heterocycles. The van der Waals surface area contributed by atoms with Gasteiger partial charge in [-0.3, -0.25) is 0 Å². The van der Waals surface area contributed by atoms with Crippen LogP contribution < -0.4 is 0 Å². The number of fused-ring (bicyclic) bond motifs is 6. The van der Waals surface area contributed by atoms with Gasteiger partial charge >= 0.3 is 0 Å². The summed E-state index contributed by atoms with van der Waals surface area (Å²) in [4.78, 5) is 10.7. The van der Waals surface area contributed by atoms with Crippen molar-refractivity contribution in [2.45, 2.75) is 0 Å². The summed E-state index contributed by atoms with van der Waals surface area (Å²) in [6, 6.07) is 68.5. The first kappa shape index (κ1) is 32.3. The molecule has 0 saturated heterocycles. The van der Waals surface area contributed by atoms with Crippen LogP contribution in [0, 0.1) is 0 Å². The maximum Gasteiger partial charge on any atom is 0.161 e. The van der Waals surface area contributed by atoms with E-state index in [2.05, 4.69) is 176 Å². The fraction of sp³-hybridized carbons (Fsp3) is 0. The van der Waals surface area contributed by atoms with E-state index >= 15 is 0 Å². The SMILES string of the molecule is c1ccc(-c2ccc(-c3ccc(-c4ccc5oc6cccc(-c7nc(-c8ccc(-c9ccccc9)cc8)c8sc9ccccc9c8n7)c6c5c4)cc3)cc2)cc1. The minimum absolute atomic E-state index is 0.685. The van der Waals surface area contributed by atoms with Gasteiger partial charge in [0.25, 0.3) is 0 Å². The Morgan fingerprint density at radius 1 is 0.375 bits per heavy atom. The van der Waals surface area contributed by atoms with Crippen LogP contribution in [0.15, 0.2) is 199 Å². The quantitative estimate of drug-likeness (QED) is 0.171. The summed E-state index contributed by atoms with van der Waals surface area (Å²) in [5.74, 6) is 0.685. The highest BCUT2D eigenvalue weighted by atomic mass is 32.1. The highest BCUT2D eigenvalue weighted by Gasteiger charge is 2.20. The molecule has 0 aliphatic rings. The lowest BCUT2D eigenvalue weighted by Gasteiger charge is -2.09. The summed E-state index contributed by atoms with van der Waals surface area (Å²) in [6.07, 6.45) is 0. The maximum atomic E-state index is 6.48. The minimum atomic E-state index is 0.685. The third kappa shape index (κ3) is 5.58. The zero-order chi connectivity index (χ0) is 37.0. The predicted molar refractivity (Wildman–Crippen MR) is 235 cm³/mol. The van der Waals surface area contributed by atoms with Gasteiger partial charge in [0.05, 0.1) is 15.9 Å². The topological polar surface area (TPSA) is 38.9 Å². The van der Waals surface area contributed by atoms with Gasteiger partial charge in [-0.1, -0.05) is 170 Å². The third-order valence-electron chi connectivity index (χ3n) is 10.8. The number of furan rings is 1. The Bertz CT molecular complexity index is 3200. The van der Waals surface area contributed by atoms with E-state index in [9.17, 15) is 0 Å². The van der Waals surface area contributed by atoms with Crippen LogP contribution in [0.25, 0.3) is 109 Å². The number of hydrogen-bond acceptors (Lipinski definition) is 4. The Hall–Kier alpha value is -7.14. The molecule has 8 aromatic carbocycles. The van der Waals surface area contributed by atoms with Crippen LogP contribution in [0.2, 0.25) is 0 Å². The second-order valence-corrected chi connectivity index (χ2v) is 15.2. The van der Waals surface area contributed by atoms with Crippen LogP contribution in [0.4, 0.5) is 0 Å². The van der Waals surface area contributed by atoms with E-state index in [-0.39, 0.29) is 0 Å². The molecule has 0 radical (unpaired) electrons. The van der Waals surface area contributed by atoms with Crippen molar-refractivity contribution >= 4 is 53.6 Å². The van der Waals surface area contributed by atoms with E-state index in [1.807, 2.05) is 18.2 Å². The first-order chi connectivity index (χ1) is 27.7. The summed E-state index contributed by atoms with van der Waals surface area (Å²) < 4.78 is 8.77. The Balaban J connectivity index is 1.01. The Labute approximate surface area is 327 Å². The Morgan fingerprint density at radius 3 is 1.52 bits per heavy atom. The number of benzene rings is 8. The van der Waals surface area contributed by atoms with E-state index in [1.165, 1.54) is 38.1 Å². The molecular formula is C52H32N2OS. The van der Waals surface area contributed by atoms with Gasteiger partial charge in [0.15, 0.2) is 5.82 Å². The third-order valence-corrected chi connectivity index (χ3v) is 11.9. The molecule has 0 aliphatic heterocycles. The summed E-state index contributed by atoms with van der Waals surface area (Å²) in [5.41, 5.74) is 15.0. The number of rotatable bonds is 6. The van der Waals surface area contributed by atoms with E-state index in [4.69, 9.17) is 14.4 Å². The van der Waals surface area contributed by atoms with E-state index < -0.39 is 0 Å². The summed E-state index contributed by atoms with van der Waals surface area (Å²) in [5, 5.41) is 3.20. The Kier molecular flexibility index (Phi) is 7.68. The molecular weight excluding hydrogens is 701 g/mol. The molecule has 262 valence electrons. The van der Waals surface area contributed by atoms with Crippen molar-refractivity contribution in [1.82, 2.24) is 9.97 Å². The van der Waals surface area contributed by atoms with Crippen molar-refractivity contribution in [2.75, 3.05) is 0 Å². The zero-order valence-electron chi connectivity index (χ0n) is 30.2. The highest BCUT2D eigenvalue weighted by Crippen LogP contribution is 2.43. The molecule has 0 aliphatic carbocycles. The van der Waals surface area contributed by atoms with Gasteiger partial charge in [0.1, 0.15) is 11.2 Å². The molecule has 0 bridgehead atoms. The summed E-state index contributed by atoms with van der Waals surface area (Å²) >= 11 is 1.75.